The number of carbonyl (C=O) groups excluding carboxylic acids is 3. The Bertz CT molecular complexity index is 768. The lowest BCUT2D eigenvalue weighted by Crippen LogP contribution is -2.54. The molecule has 0 saturated carbocycles. The lowest BCUT2D eigenvalue weighted by molar-refractivity contribution is -0.143. The Kier molecular flexibility index (Phi) is 13.2. The number of rotatable bonds is 16. The lowest BCUT2D eigenvalue weighted by Gasteiger charge is -2.20. The molecule has 0 rings (SSSR count). The van der Waals surface area contributed by atoms with E-state index in [0.717, 1.165) is 0 Å². The molecule has 12 N–H and O–H groups in total. The summed E-state index contributed by atoms with van der Waals surface area (Å²) in [7, 11) is 0. The smallest absolute Gasteiger partial charge is 0.326 e. The molecular weight excluding hydrogens is 446 g/mol. The molecule has 186 valence electrons. The van der Waals surface area contributed by atoms with Gasteiger partial charge in [-0.15, -0.1) is 0 Å². The van der Waals surface area contributed by atoms with Crippen molar-refractivity contribution in [2.24, 2.45) is 22.2 Å². The van der Waals surface area contributed by atoms with Gasteiger partial charge < -0.3 is 48.5 Å². The van der Waals surface area contributed by atoms with Gasteiger partial charge in [0.15, 0.2) is 5.96 Å². The van der Waals surface area contributed by atoms with Crippen LogP contribution in [0, 0.1) is 0 Å². The molecule has 0 aromatic carbocycles. The number of hydrogen-bond acceptors (Lipinski definition) is 8. The molecule has 0 spiro atoms. The first kappa shape index (κ1) is 29.0. The summed E-state index contributed by atoms with van der Waals surface area (Å²) in [6.07, 6.45) is -1.23. The van der Waals surface area contributed by atoms with E-state index < -0.39 is 73.1 Å². The number of nitrogens with two attached hydrogens (primary N) is 3. The van der Waals surface area contributed by atoms with Crippen molar-refractivity contribution in [2.45, 2.75) is 50.2 Å². The molecule has 0 aliphatic heterocycles. The number of hydrogen-bond donors (Lipinski definition) is 9. The zero-order chi connectivity index (χ0) is 25.6. The highest BCUT2D eigenvalue weighted by atomic mass is 16.4. The van der Waals surface area contributed by atoms with E-state index in [4.69, 9.17) is 32.5 Å². The number of amides is 3. The molecule has 0 aliphatic rings. The van der Waals surface area contributed by atoms with Gasteiger partial charge in [-0.1, -0.05) is 0 Å². The fourth-order valence-electron chi connectivity index (χ4n) is 2.37. The van der Waals surface area contributed by atoms with E-state index in [1.807, 2.05) is 5.32 Å². The summed E-state index contributed by atoms with van der Waals surface area (Å²) in [4.78, 5) is 72.7. The molecule has 3 atom stereocenters. The number of aliphatic carboxylic acids is 3. The van der Waals surface area contributed by atoms with Gasteiger partial charge in [-0.25, -0.2) is 4.79 Å². The standard InChI is InChI=1S/C17H29N7O9/c18-8(2-1-5-21-17(19)20)14(30)24-10(6-13(28)29)15(31)22-7-11(25)23-9(16(32)33)3-4-12(26)27/h8-10H,1-7,18H2,(H,22,31)(H,23,25)(H,24,30)(H,26,27)(H,28,29)(H,32,33)(H4,19,20,21). The number of nitrogens with one attached hydrogen (secondary N) is 3. The number of guanidine groups is 1. The number of carboxylic acid groups (broad SMARTS) is 3. The summed E-state index contributed by atoms with van der Waals surface area (Å²) in [6, 6.07) is -4.15. The first-order valence-corrected chi connectivity index (χ1v) is 9.68. The van der Waals surface area contributed by atoms with Crippen molar-refractivity contribution in [3.8, 4) is 0 Å². The fraction of sp³-hybridized carbons (Fsp3) is 0.588. The average Bonchev–Trinajstić information content (AvgIpc) is 2.70. The molecule has 0 aliphatic carbocycles. The van der Waals surface area contributed by atoms with Crippen molar-refractivity contribution >= 4 is 41.6 Å². The van der Waals surface area contributed by atoms with Crippen LogP contribution in [0.1, 0.15) is 32.1 Å². The predicted octanol–water partition coefficient (Wildman–Crippen LogP) is -4.12. The third-order valence-electron chi connectivity index (χ3n) is 4.02. The van der Waals surface area contributed by atoms with Crippen LogP contribution in [0.25, 0.3) is 0 Å². The van der Waals surface area contributed by atoms with Gasteiger partial charge in [-0.05, 0) is 19.3 Å². The summed E-state index contributed by atoms with van der Waals surface area (Å²) in [6.45, 7) is -0.534. The van der Waals surface area contributed by atoms with Crippen LogP contribution in [0.2, 0.25) is 0 Å². The van der Waals surface area contributed by atoms with Gasteiger partial charge in [0, 0.05) is 13.0 Å². The second-order valence-electron chi connectivity index (χ2n) is 6.82. The zero-order valence-electron chi connectivity index (χ0n) is 17.7. The summed E-state index contributed by atoms with van der Waals surface area (Å²) in [5.74, 6) is -7.08. The molecule has 33 heavy (non-hydrogen) atoms. The Labute approximate surface area is 187 Å². The van der Waals surface area contributed by atoms with E-state index >= 15 is 0 Å². The van der Waals surface area contributed by atoms with Gasteiger partial charge in [-0.2, -0.15) is 0 Å². The molecule has 16 heteroatoms. The van der Waals surface area contributed by atoms with Gasteiger partial charge in [0.25, 0.3) is 0 Å². The maximum absolute atomic E-state index is 12.3. The summed E-state index contributed by atoms with van der Waals surface area (Å²) >= 11 is 0. The van der Waals surface area contributed by atoms with E-state index in [1.165, 1.54) is 0 Å². The van der Waals surface area contributed by atoms with Gasteiger partial charge >= 0.3 is 17.9 Å². The molecule has 0 fully saturated rings. The van der Waals surface area contributed by atoms with E-state index in [2.05, 4.69) is 15.6 Å². The molecule has 3 amide bonds. The van der Waals surface area contributed by atoms with Crippen molar-refractivity contribution < 1.29 is 44.1 Å². The topological polar surface area (TPSA) is 290 Å². The van der Waals surface area contributed by atoms with Gasteiger partial charge in [0.1, 0.15) is 12.1 Å². The Morgan fingerprint density at radius 1 is 0.848 bits per heavy atom. The summed E-state index contributed by atoms with van der Waals surface area (Å²) in [5.41, 5.74) is 16.0. The quantitative estimate of drug-likeness (QED) is 0.0584. The van der Waals surface area contributed by atoms with E-state index in [1.54, 1.807) is 0 Å². The fourth-order valence-corrected chi connectivity index (χ4v) is 2.37. The van der Waals surface area contributed by atoms with Gasteiger partial charge in [0.2, 0.25) is 17.7 Å². The van der Waals surface area contributed by atoms with Crippen LogP contribution < -0.4 is 33.2 Å². The first-order chi connectivity index (χ1) is 15.3. The van der Waals surface area contributed by atoms with Crippen LogP contribution in [-0.2, 0) is 28.8 Å². The number of aliphatic imine (C=N–C) groups is 1. The van der Waals surface area contributed by atoms with Crippen LogP contribution in [0.5, 0.6) is 0 Å². The van der Waals surface area contributed by atoms with E-state index in [0.29, 0.717) is 6.42 Å². The van der Waals surface area contributed by atoms with Crippen LogP contribution >= 0.6 is 0 Å². The maximum Gasteiger partial charge on any atom is 0.326 e. The summed E-state index contributed by atoms with van der Waals surface area (Å²) in [5, 5.41) is 32.9. The Balaban J connectivity index is 4.82. The van der Waals surface area contributed by atoms with Crippen molar-refractivity contribution in [1.82, 2.24) is 16.0 Å². The normalized spacial score (nSPS) is 13.0. The Hall–Kier alpha value is -3.95. The zero-order valence-corrected chi connectivity index (χ0v) is 17.7. The number of carboxylic acids is 3. The first-order valence-electron chi connectivity index (χ1n) is 9.68. The van der Waals surface area contributed by atoms with Crippen LogP contribution in [0.15, 0.2) is 4.99 Å². The second kappa shape index (κ2) is 15.0. The highest BCUT2D eigenvalue weighted by Crippen LogP contribution is 2.00. The molecule has 0 saturated heterocycles. The molecule has 3 unspecified atom stereocenters. The minimum Gasteiger partial charge on any atom is -0.481 e. The number of nitrogens with zero attached hydrogens (tertiary/aromatic N) is 1. The molecular formula is C17H29N7O9. The van der Waals surface area contributed by atoms with Crippen LogP contribution in [0.3, 0.4) is 0 Å². The lowest BCUT2D eigenvalue weighted by atomic mass is 10.1. The van der Waals surface area contributed by atoms with Crippen molar-refractivity contribution in [1.29, 1.82) is 0 Å². The maximum atomic E-state index is 12.3. The summed E-state index contributed by atoms with van der Waals surface area (Å²) < 4.78 is 0. The molecule has 0 bridgehead atoms. The van der Waals surface area contributed by atoms with Crippen molar-refractivity contribution in [3.63, 3.8) is 0 Å². The predicted molar refractivity (Wildman–Crippen MR) is 112 cm³/mol. The average molecular weight is 475 g/mol. The minimum absolute atomic E-state index is 0.133. The SMILES string of the molecule is NC(N)=NCCCC(N)C(=O)NC(CC(=O)O)C(=O)NCC(=O)NC(CCC(=O)O)C(=O)O. The third-order valence-corrected chi connectivity index (χ3v) is 4.02. The second-order valence-corrected chi connectivity index (χ2v) is 6.82. The van der Waals surface area contributed by atoms with Crippen LogP contribution in [-0.4, -0.2) is 88.1 Å². The minimum atomic E-state index is -1.56. The molecule has 0 heterocycles. The van der Waals surface area contributed by atoms with Gasteiger partial charge in [-0.3, -0.25) is 29.0 Å². The molecule has 16 nitrogen and oxygen atoms in total. The number of carbonyl (C=O) groups is 6. The highest BCUT2D eigenvalue weighted by Gasteiger charge is 2.27. The molecule has 0 aromatic rings. The Morgan fingerprint density at radius 2 is 1.48 bits per heavy atom. The van der Waals surface area contributed by atoms with Crippen LogP contribution in [0.4, 0.5) is 0 Å². The monoisotopic (exact) mass is 475 g/mol. The Morgan fingerprint density at radius 3 is 2.00 bits per heavy atom. The van der Waals surface area contributed by atoms with Crippen molar-refractivity contribution in [3.05, 3.63) is 0 Å². The highest BCUT2D eigenvalue weighted by molar-refractivity contribution is 5.94. The molecule has 0 radical (unpaired) electrons. The molecule has 0 aromatic heterocycles. The third kappa shape index (κ3) is 13.9. The van der Waals surface area contributed by atoms with E-state index in [-0.39, 0.29) is 25.3 Å². The van der Waals surface area contributed by atoms with E-state index in [9.17, 15) is 28.8 Å². The van der Waals surface area contributed by atoms with Crippen molar-refractivity contribution in [2.75, 3.05) is 13.1 Å². The largest absolute Gasteiger partial charge is 0.481 e. The van der Waals surface area contributed by atoms with Gasteiger partial charge in [0.05, 0.1) is 19.0 Å².